The summed E-state index contributed by atoms with van der Waals surface area (Å²) >= 11 is 0. The number of fused-ring (bicyclic) bond motifs is 1. The molecule has 9 heteroatoms. The van der Waals surface area contributed by atoms with Crippen molar-refractivity contribution in [1.82, 2.24) is 19.7 Å². The van der Waals surface area contributed by atoms with Gasteiger partial charge in [-0.3, -0.25) is 4.68 Å². The smallest absolute Gasteiger partial charge is 0.238 e. The van der Waals surface area contributed by atoms with Gasteiger partial charge in [-0.2, -0.15) is 5.10 Å². The Morgan fingerprint density at radius 1 is 1.07 bits per heavy atom. The van der Waals surface area contributed by atoms with Crippen LogP contribution in [0.2, 0.25) is 0 Å². The highest BCUT2D eigenvalue weighted by Crippen LogP contribution is 2.27. The average Bonchev–Trinajstić information content (AvgIpc) is 3.07. The fourth-order valence-corrected chi connectivity index (χ4v) is 3.28. The number of benzene rings is 2. The van der Waals surface area contributed by atoms with Gasteiger partial charge in [-0.05, 0) is 24.3 Å². The van der Waals surface area contributed by atoms with Crippen molar-refractivity contribution in [3.8, 4) is 11.1 Å². The molecule has 0 aliphatic heterocycles. The van der Waals surface area contributed by atoms with Crippen LogP contribution < -0.4 is 10.5 Å². The Kier molecular flexibility index (Phi) is 4.09. The first kappa shape index (κ1) is 17.1. The monoisotopic (exact) mass is 380 g/mol. The number of nitrogens with two attached hydrogens (primary N) is 1. The van der Waals surface area contributed by atoms with Crippen LogP contribution >= 0.6 is 0 Å². The third kappa shape index (κ3) is 3.50. The first-order chi connectivity index (χ1) is 12.9. The highest BCUT2D eigenvalue weighted by Gasteiger charge is 2.10. The van der Waals surface area contributed by atoms with E-state index in [4.69, 9.17) is 5.14 Å². The molecule has 0 aliphatic rings. The van der Waals surface area contributed by atoms with Crippen molar-refractivity contribution in [2.24, 2.45) is 12.2 Å². The van der Waals surface area contributed by atoms with Gasteiger partial charge in [0.05, 0.1) is 16.6 Å². The third-order valence-corrected chi connectivity index (χ3v) is 4.99. The van der Waals surface area contributed by atoms with Crippen LogP contribution in [0.3, 0.4) is 0 Å². The topological polar surface area (TPSA) is 116 Å². The summed E-state index contributed by atoms with van der Waals surface area (Å²) in [6.07, 6.45) is 5.45. The van der Waals surface area contributed by atoms with E-state index in [1.54, 1.807) is 29.2 Å². The first-order valence-electron chi connectivity index (χ1n) is 8.05. The summed E-state index contributed by atoms with van der Waals surface area (Å²) < 4.78 is 24.4. The lowest BCUT2D eigenvalue weighted by Gasteiger charge is -2.08. The molecule has 27 heavy (non-hydrogen) atoms. The van der Waals surface area contributed by atoms with E-state index >= 15 is 0 Å². The van der Waals surface area contributed by atoms with Crippen LogP contribution in [0, 0.1) is 0 Å². The van der Waals surface area contributed by atoms with Gasteiger partial charge in [-0.1, -0.05) is 18.2 Å². The van der Waals surface area contributed by atoms with Gasteiger partial charge in [-0.15, -0.1) is 0 Å². The number of hydrogen-bond donors (Lipinski definition) is 2. The number of nitrogens with zero attached hydrogens (tertiary/aromatic N) is 4. The fourth-order valence-electron chi connectivity index (χ4n) is 2.77. The minimum absolute atomic E-state index is 0.0475. The van der Waals surface area contributed by atoms with Crippen LogP contribution in [0.4, 0.5) is 11.6 Å². The van der Waals surface area contributed by atoms with Crippen molar-refractivity contribution in [2.75, 3.05) is 5.32 Å². The van der Waals surface area contributed by atoms with E-state index in [1.165, 1.54) is 12.1 Å². The first-order valence-corrected chi connectivity index (χ1v) is 9.59. The lowest BCUT2D eigenvalue weighted by Crippen LogP contribution is -2.11. The van der Waals surface area contributed by atoms with Crippen LogP contribution in [0.5, 0.6) is 0 Å². The van der Waals surface area contributed by atoms with Gasteiger partial charge in [0.1, 0.15) is 0 Å². The number of sulfonamides is 1. The zero-order valence-electron chi connectivity index (χ0n) is 14.4. The SMILES string of the molecule is Cn1cc(-c2cccc3cnc(Nc4ccc(S(N)(=O)=O)cc4)nc23)cn1. The minimum atomic E-state index is -3.72. The second kappa shape index (κ2) is 6.45. The molecule has 0 radical (unpaired) electrons. The maximum atomic E-state index is 11.3. The Morgan fingerprint density at radius 3 is 2.52 bits per heavy atom. The maximum Gasteiger partial charge on any atom is 0.238 e. The summed E-state index contributed by atoms with van der Waals surface area (Å²) in [6.45, 7) is 0. The molecule has 8 nitrogen and oxygen atoms in total. The highest BCUT2D eigenvalue weighted by molar-refractivity contribution is 7.89. The summed E-state index contributed by atoms with van der Waals surface area (Å²) in [7, 11) is -1.86. The molecule has 0 fully saturated rings. The number of hydrogen-bond acceptors (Lipinski definition) is 6. The highest BCUT2D eigenvalue weighted by atomic mass is 32.2. The van der Waals surface area contributed by atoms with Gasteiger partial charge in [0, 0.05) is 41.6 Å². The van der Waals surface area contributed by atoms with Gasteiger partial charge >= 0.3 is 0 Å². The number of nitrogens with one attached hydrogen (secondary N) is 1. The van der Waals surface area contributed by atoms with E-state index in [0.29, 0.717) is 11.6 Å². The number of anilines is 2. The minimum Gasteiger partial charge on any atom is -0.324 e. The second-order valence-corrected chi connectivity index (χ2v) is 7.60. The van der Waals surface area contributed by atoms with Crippen LogP contribution in [-0.4, -0.2) is 28.2 Å². The number of primary sulfonamides is 1. The Bertz CT molecular complexity index is 1230. The molecule has 4 rings (SSSR count). The van der Waals surface area contributed by atoms with Crippen molar-refractivity contribution < 1.29 is 8.42 Å². The lowest BCUT2D eigenvalue weighted by molar-refractivity contribution is 0.598. The Hall–Kier alpha value is -3.30. The molecule has 3 N–H and O–H groups in total. The lowest BCUT2D eigenvalue weighted by atomic mass is 10.1. The van der Waals surface area contributed by atoms with E-state index in [-0.39, 0.29) is 4.90 Å². The zero-order chi connectivity index (χ0) is 19.0. The molecule has 0 amide bonds. The average molecular weight is 380 g/mol. The largest absolute Gasteiger partial charge is 0.324 e. The van der Waals surface area contributed by atoms with E-state index in [0.717, 1.165) is 22.0 Å². The third-order valence-electron chi connectivity index (χ3n) is 4.07. The van der Waals surface area contributed by atoms with Crippen LogP contribution in [0.15, 0.2) is 66.0 Å². The van der Waals surface area contributed by atoms with Gasteiger partial charge in [0.2, 0.25) is 16.0 Å². The summed E-state index contributed by atoms with van der Waals surface area (Å²) in [4.78, 5) is 9.00. The Labute approximate surface area is 155 Å². The van der Waals surface area contributed by atoms with Gasteiger partial charge in [-0.25, -0.2) is 23.5 Å². The molecule has 0 saturated heterocycles. The van der Waals surface area contributed by atoms with E-state index in [1.807, 2.05) is 31.4 Å². The summed E-state index contributed by atoms with van der Waals surface area (Å²) in [5.41, 5.74) is 3.37. The van der Waals surface area contributed by atoms with Crippen LogP contribution in [-0.2, 0) is 17.1 Å². The number of para-hydroxylation sites is 1. The summed E-state index contributed by atoms with van der Waals surface area (Å²) in [5.74, 6) is 0.405. The quantitative estimate of drug-likeness (QED) is 0.562. The van der Waals surface area contributed by atoms with Gasteiger partial charge in [0.25, 0.3) is 0 Å². The summed E-state index contributed by atoms with van der Waals surface area (Å²) in [6, 6.07) is 12.0. The normalized spacial score (nSPS) is 11.6. The van der Waals surface area contributed by atoms with E-state index < -0.39 is 10.0 Å². The fraction of sp³-hybridized carbons (Fsp3) is 0.0556. The van der Waals surface area contributed by atoms with Crippen molar-refractivity contribution in [3.05, 3.63) is 61.1 Å². The molecule has 0 saturated carbocycles. The molecule has 2 heterocycles. The Balaban J connectivity index is 1.71. The molecular formula is C18H16N6O2S. The molecule has 2 aromatic carbocycles. The molecule has 0 aliphatic carbocycles. The molecule has 2 aromatic heterocycles. The van der Waals surface area contributed by atoms with Crippen molar-refractivity contribution in [1.29, 1.82) is 0 Å². The van der Waals surface area contributed by atoms with Gasteiger partial charge < -0.3 is 5.32 Å². The number of rotatable bonds is 4. The predicted molar refractivity (Wildman–Crippen MR) is 103 cm³/mol. The second-order valence-electron chi connectivity index (χ2n) is 6.03. The Morgan fingerprint density at radius 2 is 1.85 bits per heavy atom. The molecule has 0 unspecified atom stereocenters. The molecule has 0 bridgehead atoms. The zero-order valence-corrected chi connectivity index (χ0v) is 15.2. The molecular weight excluding hydrogens is 364 g/mol. The standard InChI is InChI=1S/C18H16N6O2S/c1-24-11-13(10-21-24)16-4-2-3-12-9-20-18(23-17(12)16)22-14-5-7-15(8-6-14)27(19,25)26/h2-11H,1H3,(H2,19,25,26)(H,20,22,23). The van der Waals surface area contributed by atoms with Crippen molar-refractivity contribution >= 4 is 32.6 Å². The molecule has 136 valence electrons. The summed E-state index contributed by atoms with van der Waals surface area (Å²) in [5, 5.41) is 13.3. The molecule has 0 atom stereocenters. The predicted octanol–water partition coefficient (Wildman–Crippen LogP) is 2.42. The maximum absolute atomic E-state index is 11.3. The van der Waals surface area contributed by atoms with Crippen molar-refractivity contribution in [3.63, 3.8) is 0 Å². The van der Waals surface area contributed by atoms with Crippen LogP contribution in [0.25, 0.3) is 22.0 Å². The van der Waals surface area contributed by atoms with Crippen LogP contribution in [0.1, 0.15) is 0 Å². The van der Waals surface area contributed by atoms with E-state index in [2.05, 4.69) is 20.4 Å². The number of aryl methyl sites for hydroxylation is 1. The molecule has 4 aromatic rings. The van der Waals surface area contributed by atoms with E-state index in [9.17, 15) is 8.42 Å². The van der Waals surface area contributed by atoms with Crippen molar-refractivity contribution in [2.45, 2.75) is 4.90 Å². The molecule has 0 spiro atoms. The van der Waals surface area contributed by atoms with Gasteiger partial charge in [0.15, 0.2) is 0 Å². The number of aromatic nitrogens is 4.